The summed E-state index contributed by atoms with van der Waals surface area (Å²) in [5.74, 6) is 0.818. The van der Waals surface area contributed by atoms with Crippen molar-refractivity contribution in [2.75, 3.05) is 13.6 Å². The fourth-order valence-corrected chi connectivity index (χ4v) is 3.42. The molecule has 1 aliphatic rings. The van der Waals surface area contributed by atoms with Crippen LogP contribution in [0.2, 0.25) is 0 Å². The molecular formula is C12H20N2S. The van der Waals surface area contributed by atoms with Crippen LogP contribution in [0.4, 0.5) is 0 Å². The number of hydrogen-bond donors (Lipinski definition) is 1. The van der Waals surface area contributed by atoms with Crippen LogP contribution < -0.4 is 5.32 Å². The van der Waals surface area contributed by atoms with Gasteiger partial charge in [0.2, 0.25) is 0 Å². The first kappa shape index (κ1) is 11.1. The molecule has 1 saturated carbocycles. The average Bonchev–Trinajstić information content (AvgIpc) is 2.75. The highest BCUT2D eigenvalue weighted by Gasteiger charge is 2.20. The monoisotopic (exact) mass is 224 g/mol. The molecule has 1 fully saturated rings. The average molecular weight is 224 g/mol. The Morgan fingerprint density at radius 2 is 2.20 bits per heavy atom. The highest BCUT2D eigenvalue weighted by molar-refractivity contribution is 7.09. The third kappa shape index (κ3) is 2.79. The zero-order valence-corrected chi connectivity index (χ0v) is 10.3. The van der Waals surface area contributed by atoms with Crippen molar-refractivity contribution in [2.45, 2.75) is 44.4 Å². The topological polar surface area (TPSA) is 24.9 Å². The van der Waals surface area contributed by atoms with Crippen LogP contribution in [0.5, 0.6) is 0 Å². The smallest absolute Gasteiger partial charge is 0.0797 e. The summed E-state index contributed by atoms with van der Waals surface area (Å²) in [6.07, 6.45) is 8.11. The molecule has 0 saturated heterocycles. The predicted octanol–water partition coefficient (Wildman–Crippen LogP) is 2.95. The van der Waals surface area contributed by atoms with E-state index < -0.39 is 0 Å². The van der Waals surface area contributed by atoms with E-state index in [1.165, 1.54) is 37.8 Å². The third-order valence-corrected chi connectivity index (χ3v) is 4.29. The highest BCUT2D eigenvalue weighted by atomic mass is 32.1. The van der Waals surface area contributed by atoms with Gasteiger partial charge in [0.05, 0.1) is 11.2 Å². The summed E-state index contributed by atoms with van der Waals surface area (Å²) in [4.78, 5) is 6.08. The molecule has 15 heavy (non-hydrogen) atoms. The predicted molar refractivity (Wildman–Crippen MR) is 65.6 cm³/mol. The summed E-state index contributed by atoms with van der Waals surface area (Å²) < 4.78 is 0. The number of hydrogen-bond acceptors (Lipinski definition) is 3. The van der Waals surface area contributed by atoms with Crippen LogP contribution in [0.15, 0.2) is 5.51 Å². The second-order valence-electron chi connectivity index (χ2n) is 4.35. The standard InChI is InChI=1S/C12H20N2S/c1-13-8-7-11-12(15-9-14-11)10-5-3-2-4-6-10/h9-10,13H,2-8H2,1H3. The van der Waals surface area contributed by atoms with E-state index >= 15 is 0 Å². The lowest BCUT2D eigenvalue weighted by atomic mass is 9.87. The molecule has 0 spiro atoms. The fourth-order valence-electron chi connectivity index (χ4n) is 2.41. The highest BCUT2D eigenvalue weighted by Crippen LogP contribution is 2.36. The molecule has 84 valence electrons. The van der Waals surface area contributed by atoms with Gasteiger partial charge in [-0.25, -0.2) is 4.98 Å². The Morgan fingerprint density at radius 3 is 2.93 bits per heavy atom. The molecule has 0 amide bonds. The number of aromatic nitrogens is 1. The van der Waals surface area contributed by atoms with E-state index in [1.54, 1.807) is 4.88 Å². The molecule has 0 atom stereocenters. The van der Waals surface area contributed by atoms with Crippen LogP contribution >= 0.6 is 11.3 Å². The summed E-state index contributed by atoms with van der Waals surface area (Å²) >= 11 is 1.87. The minimum absolute atomic E-state index is 0.818. The second kappa shape index (κ2) is 5.61. The van der Waals surface area contributed by atoms with Gasteiger partial charge in [-0.3, -0.25) is 0 Å². The lowest BCUT2D eigenvalue weighted by Crippen LogP contribution is -2.13. The molecule has 0 aromatic carbocycles. The van der Waals surface area contributed by atoms with Crippen molar-refractivity contribution in [1.82, 2.24) is 10.3 Å². The third-order valence-electron chi connectivity index (χ3n) is 3.26. The minimum atomic E-state index is 0.818. The van der Waals surface area contributed by atoms with E-state index in [-0.39, 0.29) is 0 Å². The van der Waals surface area contributed by atoms with Gasteiger partial charge in [-0.05, 0) is 25.8 Å². The minimum Gasteiger partial charge on any atom is -0.319 e. The molecular weight excluding hydrogens is 204 g/mol. The number of nitrogens with one attached hydrogen (secondary N) is 1. The van der Waals surface area contributed by atoms with Gasteiger partial charge in [0.25, 0.3) is 0 Å². The van der Waals surface area contributed by atoms with Gasteiger partial charge in [-0.15, -0.1) is 11.3 Å². The molecule has 1 aromatic rings. The van der Waals surface area contributed by atoms with Crippen molar-refractivity contribution in [1.29, 1.82) is 0 Å². The van der Waals surface area contributed by atoms with Gasteiger partial charge >= 0.3 is 0 Å². The molecule has 1 N–H and O–H groups in total. The maximum atomic E-state index is 4.51. The van der Waals surface area contributed by atoms with Crippen molar-refractivity contribution < 1.29 is 0 Å². The van der Waals surface area contributed by atoms with Crippen LogP contribution in [0.3, 0.4) is 0 Å². The van der Waals surface area contributed by atoms with Gasteiger partial charge in [-0.2, -0.15) is 0 Å². The zero-order chi connectivity index (χ0) is 10.5. The van der Waals surface area contributed by atoms with E-state index in [9.17, 15) is 0 Å². The Labute approximate surface area is 96.1 Å². The first-order valence-electron chi connectivity index (χ1n) is 5.98. The van der Waals surface area contributed by atoms with E-state index in [0.29, 0.717) is 0 Å². The summed E-state index contributed by atoms with van der Waals surface area (Å²) in [5.41, 5.74) is 3.37. The Bertz CT molecular complexity index is 290. The van der Waals surface area contributed by atoms with Crippen molar-refractivity contribution in [2.24, 2.45) is 0 Å². The van der Waals surface area contributed by atoms with Gasteiger partial charge in [0, 0.05) is 17.8 Å². The lowest BCUT2D eigenvalue weighted by molar-refractivity contribution is 0.445. The summed E-state index contributed by atoms with van der Waals surface area (Å²) in [6.45, 7) is 1.05. The Balaban J connectivity index is 2.02. The first-order chi connectivity index (χ1) is 7.42. The SMILES string of the molecule is CNCCc1ncsc1C1CCCCC1. The molecule has 1 aliphatic carbocycles. The Kier molecular flexibility index (Phi) is 4.15. The van der Waals surface area contributed by atoms with Crippen LogP contribution in [-0.2, 0) is 6.42 Å². The van der Waals surface area contributed by atoms with E-state index in [2.05, 4.69) is 10.3 Å². The second-order valence-corrected chi connectivity index (χ2v) is 5.24. The van der Waals surface area contributed by atoms with Crippen LogP contribution in [0.25, 0.3) is 0 Å². The van der Waals surface area contributed by atoms with Crippen LogP contribution in [0.1, 0.15) is 48.6 Å². The molecule has 1 aromatic heterocycles. The van der Waals surface area contributed by atoms with Crippen LogP contribution in [-0.4, -0.2) is 18.6 Å². The molecule has 2 rings (SSSR count). The van der Waals surface area contributed by atoms with E-state index in [1.807, 2.05) is 23.9 Å². The number of likely N-dealkylation sites (N-methyl/N-ethyl adjacent to an activating group) is 1. The quantitative estimate of drug-likeness (QED) is 0.850. The van der Waals surface area contributed by atoms with Gasteiger partial charge in [-0.1, -0.05) is 19.3 Å². The van der Waals surface area contributed by atoms with Crippen molar-refractivity contribution in [3.8, 4) is 0 Å². The normalized spacial score (nSPS) is 18.2. The molecule has 0 radical (unpaired) electrons. The fraction of sp³-hybridized carbons (Fsp3) is 0.750. The lowest BCUT2D eigenvalue weighted by Gasteiger charge is -2.21. The van der Waals surface area contributed by atoms with E-state index in [0.717, 1.165) is 18.9 Å². The maximum absolute atomic E-state index is 4.51. The van der Waals surface area contributed by atoms with Crippen molar-refractivity contribution in [3.05, 3.63) is 16.1 Å². The van der Waals surface area contributed by atoms with Crippen molar-refractivity contribution in [3.63, 3.8) is 0 Å². The Hall–Kier alpha value is -0.410. The van der Waals surface area contributed by atoms with Gasteiger partial charge in [0.15, 0.2) is 0 Å². The Morgan fingerprint density at radius 1 is 1.40 bits per heavy atom. The van der Waals surface area contributed by atoms with Gasteiger partial charge < -0.3 is 5.32 Å². The molecule has 0 bridgehead atoms. The first-order valence-corrected chi connectivity index (χ1v) is 6.86. The maximum Gasteiger partial charge on any atom is 0.0797 e. The summed E-state index contributed by atoms with van der Waals surface area (Å²) in [7, 11) is 2.01. The van der Waals surface area contributed by atoms with Crippen LogP contribution in [0, 0.1) is 0 Å². The number of thiazole rings is 1. The number of rotatable bonds is 4. The molecule has 1 heterocycles. The van der Waals surface area contributed by atoms with Crippen molar-refractivity contribution >= 4 is 11.3 Å². The van der Waals surface area contributed by atoms with Gasteiger partial charge in [0.1, 0.15) is 0 Å². The summed E-state index contributed by atoms with van der Waals surface area (Å²) in [6, 6.07) is 0. The molecule has 2 nitrogen and oxygen atoms in total. The van der Waals surface area contributed by atoms with E-state index in [4.69, 9.17) is 0 Å². The molecule has 0 unspecified atom stereocenters. The number of nitrogens with zero attached hydrogens (tertiary/aromatic N) is 1. The molecule has 0 aliphatic heterocycles. The largest absolute Gasteiger partial charge is 0.319 e. The summed E-state index contributed by atoms with van der Waals surface area (Å²) in [5, 5.41) is 3.20. The zero-order valence-electron chi connectivity index (χ0n) is 9.46. The molecule has 3 heteroatoms.